The number of hydrogen-bond donors (Lipinski definition) is 1. The van der Waals surface area contributed by atoms with Crippen LogP contribution in [-0.4, -0.2) is 25.0 Å². The van der Waals surface area contributed by atoms with Crippen molar-refractivity contribution >= 4 is 15.9 Å². The first-order chi connectivity index (χ1) is 12.4. The summed E-state index contributed by atoms with van der Waals surface area (Å²) in [5.74, 6) is -1.31. The molecular weight excluding hydrogens is 397 g/mol. The Balaban J connectivity index is 2.34. The molecule has 1 aliphatic heterocycles. The summed E-state index contributed by atoms with van der Waals surface area (Å²) in [4.78, 5) is 2.05. The molecule has 3 rings (SSSR count). The third-order valence-corrected chi connectivity index (χ3v) is 5.76. The molecule has 7 heteroatoms. The van der Waals surface area contributed by atoms with Crippen molar-refractivity contribution in [3.05, 3.63) is 57.0 Å². The van der Waals surface area contributed by atoms with Crippen LogP contribution < -0.4 is 5.73 Å². The van der Waals surface area contributed by atoms with Gasteiger partial charge in [-0.1, -0.05) is 12.1 Å². The highest BCUT2D eigenvalue weighted by Gasteiger charge is 2.54. The van der Waals surface area contributed by atoms with Crippen molar-refractivity contribution in [2.75, 3.05) is 20.1 Å². The Labute approximate surface area is 159 Å². The van der Waals surface area contributed by atoms with E-state index in [2.05, 4.69) is 39.0 Å². The summed E-state index contributed by atoms with van der Waals surface area (Å²) < 4.78 is 14.0. The van der Waals surface area contributed by atoms with Crippen molar-refractivity contribution < 1.29 is 4.39 Å². The molecule has 2 aliphatic rings. The molecular formula is C19H15BrFN5. The summed E-state index contributed by atoms with van der Waals surface area (Å²) >= 11 is 3.17. The van der Waals surface area contributed by atoms with Crippen LogP contribution in [0.25, 0.3) is 0 Å². The van der Waals surface area contributed by atoms with Crippen LogP contribution in [0, 0.1) is 51.1 Å². The van der Waals surface area contributed by atoms with Crippen molar-refractivity contribution in [2.24, 2.45) is 17.1 Å². The van der Waals surface area contributed by atoms with E-state index in [1.165, 1.54) is 6.07 Å². The van der Waals surface area contributed by atoms with E-state index in [4.69, 9.17) is 5.73 Å². The highest BCUT2D eigenvalue weighted by Crippen LogP contribution is 2.54. The SMILES string of the molecule is CN1CC=C2C(C#N)=C(N)C(C#N)(C#N)[C@@H](c3ccc(F)c(Br)c3)[C@H]2C1. The maximum Gasteiger partial charge on any atom is 0.191 e. The van der Waals surface area contributed by atoms with Crippen LogP contribution in [-0.2, 0) is 0 Å². The van der Waals surface area contributed by atoms with Gasteiger partial charge < -0.3 is 10.6 Å². The first kappa shape index (κ1) is 18.1. The number of fused-ring (bicyclic) bond motifs is 1. The van der Waals surface area contributed by atoms with Crippen LogP contribution in [0.5, 0.6) is 0 Å². The summed E-state index contributed by atoms with van der Waals surface area (Å²) in [5, 5.41) is 29.5. The van der Waals surface area contributed by atoms with Crippen molar-refractivity contribution in [1.29, 1.82) is 15.8 Å². The number of nitrogens with two attached hydrogens (primary N) is 1. The standard InChI is InChI=1S/C19H15BrFN5/c1-26-5-4-12-13(7-22)18(25)19(9-23,10-24)17(14(12)8-26)11-2-3-16(21)15(20)6-11/h2-4,6,14,17H,5,8,25H2,1H3/t14-,17-/m0/s1. The molecule has 0 fully saturated rings. The Kier molecular flexibility index (Phi) is 4.59. The summed E-state index contributed by atoms with van der Waals surface area (Å²) in [7, 11) is 1.93. The molecule has 0 spiro atoms. The number of nitrogens with zero attached hydrogens (tertiary/aromatic N) is 4. The Morgan fingerprint density at radius 2 is 2.00 bits per heavy atom. The van der Waals surface area contributed by atoms with E-state index < -0.39 is 17.2 Å². The van der Waals surface area contributed by atoms with Crippen LogP contribution in [0.2, 0.25) is 0 Å². The second-order valence-corrected chi connectivity index (χ2v) is 7.42. The summed E-state index contributed by atoms with van der Waals surface area (Å²) in [6.45, 7) is 1.21. The quantitative estimate of drug-likeness (QED) is 0.765. The third-order valence-electron chi connectivity index (χ3n) is 5.15. The first-order valence-corrected chi connectivity index (χ1v) is 8.75. The minimum Gasteiger partial charge on any atom is -0.399 e. The zero-order valence-electron chi connectivity index (χ0n) is 14.0. The molecule has 0 bridgehead atoms. The van der Waals surface area contributed by atoms with Crippen molar-refractivity contribution in [2.45, 2.75) is 5.92 Å². The highest BCUT2D eigenvalue weighted by molar-refractivity contribution is 9.10. The molecule has 0 saturated heterocycles. The number of allylic oxidation sites excluding steroid dienone is 2. The van der Waals surface area contributed by atoms with Gasteiger partial charge in [-0.2, -0.15) is 15.8 Å². The van der Waals surface area contributed by atoms with Gasteiger partial charge in [-0.3, -0.25) is 0 Å². The topological polar surface area (TPSA) is 101 Å². The number of rotatable bonds is 1. The summed E-state index contributed by atoms with van der Waals surface area (Å²) in [5.41, 5.74) is 6.08. The Morgan fingerprint density at radius 3 is 2.58 bits per heavy atom. The lowest BCUT2D eigenvalue weighted by atomic mass is 9.58. The van der Waals surface area contributed by atoms with Crippen LogP contribution in [0.1, 0.15) is 11.5 Å². The lowest BCUT2D eigenvalue weighted by Crippen LogP contribution is -2.47. The Hall–Kier alpha value is -2.66. The van der Waals surface area contributed by atoms with Crippen LogP contribution in [0.3, 0.4) is 0 Å². The highest BCUT2D eigenvalue weighted by atomic mass is 79.9. The molecule has 130 valence electrons. The molecule has 1 aromatic carbocycles. The number of hydrogen-bond acceptors (Lipinski definition) is 5. The van der Waals surface area contributed by atoms with Gasteiger partial charge in [0.15, 0.2) is 5.41 Å². The predicted molar refractivity (Wildman–Crippen MR) is 96.4 cm³/mol. The summed E-state index contributed by atoms with van der Waals surface area (Å²) in [6.07, 6.45) is 1.92. The normalized spacial score (nSPS) is 24.7. The third kappa shape index (κ3) is 2.51. The van der Waals surface area contributed by atoms with E-state index in [0.717, 1.165) is 5.57 Å². The van der Waals surface area contributed by atoms with E-state index in [-0.39, 0.29) is 21.7 Å². The molecule has 1 aromatic rings. The average Bonchev–Trinajstić information content (AvgIpc) is 2.63. The molecule has 5 nitrogen and oxygen atoms in total. The molecule has 2 N–H and O–H groups in total. The van der Waals surface area contributed by atoms with E-state index in [1.807, 2.05) is 13.1 Å². The van der Waals surface area contributed by atoms with Gasteiger partial charge in [0.1, 0.15) is 11.9 Å². The Morgan fingerprint density at radius 1 is 1.31 bits per heavy atom. The number of benzene rings is 1. The summed E-state index contributed by atoms with van der Waals surface area (Å²) in [6, 6.07) is 10.7. The van der Waals surface area contributed by atoms with Gasteiger partial charge >= 0.3 is 0 Å². The molecule has 0 saturated carbocycles. The maximum atomic E-state index is 13.7. The molecule has 0 aromatic heterocycles. The molecule has 1 aliphatic carbocycles. The van der Waals surface area contributed by atoms with Gasteiger partial charge in [-0.15, -0.1) is 0 Å². The van der Waals surface area contributed by atoms with E-state index in [9.17, 15) is 20.2 Å². The van der Waals surface area contributed by atoms with Gasteiger partial charge in [-0.05, 0) is 46.2 Å². The van der Waals surface area contributed by atoms with Gasteiger partial charge in [0, 0.05) is 24.9 Å². The fourth-order valence-corrected chi connectivity index (χ4v) is 4.30. The monoisotopic (exact) mass is 411 g/mol. The molecule has 1 heterocycles. The maximum absolute atomic E-state index is 13.7. The number of nitriles is 3. The second kappa shape index (κ2) is 6.57. The lowest BCUT2D eigenvalue weighted by molar-refractivity contribution is 0.237. The molecule has 0 amide bonds. The lowest BCUT2D eigenvalue weighted by Gasteiger charge is -2.45. The van der Waals surface area contributed by atoms with Gasteiger partial charge in [0.25, 0.3) is 0 Å². The molecule has 0 unspecified atom stereocenters. The zero-order chi connectivity index (χ0) is 19.1. The van der Waals surface area contributed by atoms with Crippen molar-refractivity contribution in [3.63, 3.8) is 0 Å². The largest absolute Gasteiger partial charge is 0.399 e. The van der Waals surface area contributed by atoms with Crippen LogP contribution >= 0.6 is 15.9 Å². The van der Waals surface area contributed by atoms with Crippen molar-refractivity contribution in [3.8, 4) is 18.2 Å². The zero-order valence-corrected chi connectivity index (χ0v) is 15.6. The van der Waals surface area contributed by atoms with Gasteiger partial charge in [-0.25, -0.2) is 4.39 Å². The molecule has 0 radical (unpaired) electrons. The van der Waals surface area contributed by atoms with E-state index in [0.29, 0.717) is 18.7 Å². The van der Waals surface area contributed by atoms with Gasteiger partial charge in [0.2, 0.25) is 0 Å². The molecule has 2 atom stereocenters. The smallest absolute Gasteiger partial charge is 0.191 e. The minimum atomic E-state index is -1.69. The first-order valence-electron chi connectivity index (χ1n) is 7.96. The van der Waals surface area contributed by atoms with E-state index in [1.54, 1.807) is 12.1 Å². The average molecular weight is 412 g/mol. The number of halogens is 2. The van der Waals surface area contributed by atoms with Crippen molar-refractivity contribution in [1.82, 2.24) is 4.90 Å². The van der Waals surface area contributed by atoms with Gasteiger partial charge in [0.05, 0.1) is 27.9 Å². The number of likely N-dealkylation sites (N-methyl/N-ethyl adjacent to an activating group) is 1. The second-order valence-electron chi connectivity index (χ2n) is 6.57. The fraction of sp³-hybridized carbons (Fsp3) is 0.316. The fourth-order valence-electron chi connectivity index (χ4n) is 3.91. The predicted octanol–water partition coefficient (Wildman–Crippen LogP) is 2.94. The Bertz CT molecular complexity index is 946. The van der Waals surface area contributed by atoms with Crippen LogP contribution in [0.15, 0.2) is 45.6 Å². The molecule has 26 heavy (non-hydrogen) atoms. The van der Waals surface area contributed by atoms with E-state index >= 15 is 0 Å². The van der Waals surface area contributed by atoms with Crippen LogP contribution in [0.4, 0.5) is 4.39 Å². The minimum absolute atomic E-state index is 0.0255.